The van der Waals surface area contributed by atoms with Crippen LogP contribution in [-0.2, 0) is 4.74 Å². The summed E-state index contributed by atoms with van der Waals surface area (Å²) in [4.78, 5) is 11.0. The van der Waals surface area contributed by atoms with Crippen LogP contribution in [0.3, 0.4) is 0 Å². The lowest BCUT2D eigenvalue weighted by atomic mass is 10.2. The van der Waals surface area contributed by atoms with Gasteiger partial charge in [-0.05, 0) is 47.2 Å². The van der Waals surface area contributed by atoms with Crippen molar-refractivity contribution in [3.63, 3.8) is 0 Å². The van der Waals surface area contributed by atoms with Crippen molar-refractivity contribution in [3.8, 4) is 0 Å². The van der Waals surface area contributed by atoms with Gasteiger partial charge in [0, 0.05) is 8.04 Å². The fraction of sp³-hybridized carbons (Fsp3) is 0.222. The highest BCUT2D eigenvalue weighted by atomic mass is 127. The lowest BCUT2D eigenvalue weighted by Crippen LogP contribution is -2.12. The van der Waals surface area contributed by atoms with E-state index in [0.29, 0.717) is 0 Å². The second-order valence-electron chi connectivity index (χ2n) is 2.65. The Hall–Kier alpha value is -0.300. The van der Waals surface area contributed by atoms with Crippen LogP contribution in [0.2, 0.25) is 0 Å². The van der Waals surface area contributed by atoms with Gasteiger partial charge in [-0.1, -0.05) is 15.9 Å². The second-order valence-corrected chi connectivity index (χ2v) is 4.58. The fourth-order valence-corrected chi connectivity index (χ4v) is 2.23. The number of methoxy groups -OCH3 is 1. The Kier molecular flexibility index (Phi) is 4.18. The molecule has 0 aliphatic heterocycles. The number of halogens is 2. The molecule has 0 aromatic heterocycles. The molecule has 0 heterocycles. The number of ether oxygens (including phenoxy) is 1. The highest BCUT2D eigenvalue weighted by molar-refractivity contribution is 14.1. The Morgan fingerprint density at radius 1 is 1.57 bits per heavy atom. The molecule has 76 valence electrons. The van der Waals surface area contributed by atoms with Crippen molar-refractivity contribution in [2.45, 2.75) is 6.92 Å². The monoisotopic (exact) mass is 369 g/mol. The molecule has 1 aromatic carbocycles. The van der Waals surface area contributed by atoms with Gasteiger partial charge in [-0.3, -0.25) is 5.32 Å². The highest BCUT2D eigenvalue weighted by Gasteiger charge is 2.08. The molecule has 0 aliphatic carbocycles. The summed E-state index contributed by atoms with van der Waals surface area (Å²) < 4.78 is 6.54. The minimum atomic E-state index is -0.454. The molecule has 0 saturated heterocycles. The molecule has 3 nitrogen and oxygen atoms in total. The minimum absolute atomic E-state index is 0.454. The van der Waals surface area contributed by atoms with Crippen LogP contribution < -0.4 is 5.32 Å². The van der Waals surface area contributed by atoms with E-state index in [4.69, 9.17) is 0 Å². The quantitative estimate of drug-likeness (QED) is 0.769. The Balaban J connectivity index is 3.00. The number of nitrogens with one attached hydrogen (secondary N) is 1. The fourth-order valence-electron chi connectivity index (χ4n) is 0.919. The predicted molar refractivity (Wildman–Crippen MR) is 67.6 cm³/mol. The van der Waals surface area contributed by atoms with E-state index in [-0.39, 0.29) is 0 Å². The van der Waals surface area contributed by atoms with Gasteiger partial charge in [0.15, 0.2) is 0 Å². The molecule has 0 aliphatic rings. The molecule has 0 spiro atoms. The summed E-state index contributed by atoms with van der Waals surface area (Å²) in [6.45, 7) is 1.98. The van der Waals surface area contributed by atoms with Crippen LogP contribution in [0.15, 0.2) is 16.6 Å². The first kappa shape index (κ1) is 11.8. The van der Waals surface area contributed by atoms with Gasteiger partial charge in [0.1, 0.15) is 0 Å². The van der Waals surface area contributed by atoms with Gasteiger partial charge in [-0.25, -0.2) is 4.79 Å². The first-order valence-corrected chi connectivity index (χ1v) is 5.73. The lowest BCUT2D eigenvalue weighted by molar-refractivity contribution is 0.187. The molecule has 0 unspecified atom stereocenters. The van der Waals surface area contributed by atoms with Gasteiger partial charge in [0.25, 0.3) is 0 Å². The summed E-state index contributed by atoms with van der Waals surface area (Å²) in [5.74, 6) is 0. The van der Waals surface area contributed by atoms with E-state index in [1.54, 1.807) is 0 Å². The van der Waals surface area contributed by atoms with Crippen LogP contribution in [0.1, 0.15) is 5.56 Å². The zero-order valence-electron chi connectivity index (χ0n) is 7.73. The van der Waals surface area contributed by atoms with E-state index in [0.717, 1.165) is 19.3 Å². The molecule has 0 bridgehead atoms. The number of rotatable bonds is 1. The molecular formula is C9H9BrINO2. The number of hydrogen-bond acceptors (Lipinski definition) is 2. The van der Waals surface area contributed by atoms with Crippen molar-refractivity contribution >= 4 is 50.3 Å². The van der Waals surface area contributed by atoms with Crippen LogP contribution in [0.25, 0.3) is 0 Å². The molecule has 0 saturated carbocycles. The summed E-state index contributed by atoms with van der Waals surface area (Å²) in [6, 6.07) is 3.72. The van der Waals surface area contributed by atoms with E-state index in [2.05, 4.69) is 48.6 Å². The molecule has 5 heteroatoms. The first-order valence-electron chi connectivity index (χ1n) is 3.86. The largest absolute Gasteiger partial charge is 0.453 e. The highest BCUT2D eigenvalue weighted by Crippen LogP contribution is 2.27. The maximum atomic E-state index is 11.0. The Labute approximate surface area is 104 Å². The first-order chi connectivity index (χ1) is 6.56. The third-order valence-electron chi connectivity index (χ3n) is 1.74. The molecular weight excluding hydrogens is 361 g/mol. The van der Waals surface area contributed by atoms with Gasteiger partial charge in [-0.15, -0.1) is 0 Å². The summed E-state index contributed by atoms with van der Waals surface area (Å²) in [5, 5.41) is 2.64. The molecule has 1 N–H and O–H groups in total. The van der Waals surface area contributed by atoms with Crippen molar-refractivity contribution in [1.29, 1.82) is 0 Å². The van der Waals surface area contributed by atoms with Gasteiger partial charge in [0.2, 0.25) is 0 Å². The number of carbonyl (C=O) groups is 1. The molecule has 0 radical (unpaired) electrons. The second kappa shape index (κ2) is 4.97. The summed E-state index contributed by atoms with van der Waals surface area (Å²) >= 11 is 5.59. The Morgan fingerprint density at radius 2 is 2.21 bits per heavy atom. The Morgan fingerprint density at radius 3 is 2.79 bits per heavy atom. The SMILES string of the molecule is COC(=O)Nc1ccc(Br)c(C)c1I. The topological polar surface area (TPSA) is 38.3 Å². The van der Waals surface area contributed by atoms with Crippen molar-refractivity contribution in [3.05, 3.63) is 25.7 Å². The zero-order chi connectivity index (χ0) is 10.7. The smallest absolute Gasteiger partial charge is 0.411 e. The standard InChI is InChI=1S/C9H9BrINO2/c1-5-6(10)3-4-7(8(5)11)12-9(13)14-2/h3-4H,1-2H3,(H,12,13). The number of benzene rings is 1. The van der Waals surface area contributed by atoms with Gasteiger partial charge in [0.05, 0.1) is 12.8 Å². The number of amides is 1. The van der Waals surface area contributed by atoms with Crippen molar-refractivity contribution in [2.24, 2.45) is 0 Å². The van der Waals surface area contributed by atoms with E-state index < -0.39 is 6.09 Å². The van der Waals surface area contributed by atoms with Crippen LogP contribution in [0.4, 0.5) is 10.5 Å². The van der Waals surface area contributed by atoms with Crippen molar-refractivity contribution < 1.29 is 9.53 Å². The molecule has 1 amide bonds. The average Bonchev–Trinajstić information content (AvgIpc) is 2.19. The third kappa shape index (κ3) is 2.60. The molecule has 1 rings (SSSR count). The van der Waals surface area contributed by atoms with E-state index in [9.17, 15) is 4.79 Å². The van der Waals surface area contributed by atoms with E-state index in [1.165, 1.54) is 7.11 Å². The summed E-state index contributed by atoms with van der Waals surface area (Å²) in [7, 11) is 1.34. The third-order valence-corrected chi connectivity index (χ3v) is 3.99. The lowest BCUT2D eigenvalue weighted by Gasteiger charge is -2.09. The minimum Gasteiger partial charge on any atom is -0.453 e. The van der Waals surface area contributed by atoms with Gasteiger partial charge in [-0.2, -0.15) is 0 Å². The molecule has 0 fully saturated rings. The summed E-state index contributed by atoms with van der Waals surface area (Å²) in [5.41, 5.74) is 1.86. The maximum absolute atomic E-state index is 11.0. The van der Waals surface area contributed by atoms with Crippen LogP contribution in [-0.4, -0.2) is 13.2 Å². The maximum Gasteiger partial charge on any atom is 0.411 e. The number of carbonyl (C=O) groups excluding carboxylic acids is 1. The van der Waals surface area contributed by atoms with Gasteiger partial charge < -0.3 is 4.74 Å². The number of anilines is 1. The molecule has 0 atom stereocenters. The van der Waals surface area contributed by atoms with Gasteiger partial charge >= 0.3 is 6.09 Å². The molecule has 1 aromatic rings. The van der Waals surface area contributed by atoms with E-state index in [1.807, 2.05) is 19.1 Å². The molecule has 14 heavy (non-hydrogen) atoms. The number of hydrogen-bond donors (Lipinski definition) is 1. The van der Waals surface area contributed by atoms with E-state index >= 15 is 0 Å². The normalized spacial score (nSPS) is 9.71. The predicted octanol–water partition coefficient (Wildman–Crippen LogP) is 3.54. The summed E-state index contributed by atoms with van der Waals surface area (Å²) in [6.07, 6.45) is -0.454. The zero-order valence-corrected chi connectivity index (χ0v) is 11.5. The van der Waals surface area contributed by atoms with Crippen LogP contribution in [0.5, 0.6) is 0 Å². The van der Waals surface area contributed by atoms with Crippen molar-refractivity contribution in [1.82, 2.24) is 0 Å². The van der Waals surface area contributed by atoms with Crippen LogP contribution >= 0.6 is 38.5 Å². The van der Waals surface area contributed by atoms with Crippen LogP contribution in [0, 0.1) is 10.5 Å². The van der Waals surface area contributed by atoms with Crippen molar-refractivity contribution in [2.75, 3.05) is 12.4 Å². The Bertz CT molecular complexity index is 368. The average molecular weight is 370 g/mol.